The van der Waals surface area contributed by atoms with Crippen molar-refractivity contribution in [1.82, 2.24) is 15.4 Å². The summed E-state index contributed by atoms with van der Waals surface area (Å²) in [4.78, 5) is 11.6. The Morgan fingerprint density at radius 3 is 2.87 bits per heavy atom. The van der Waals surface area contributed by atoms with Crippen LogP contribution in [-0.4, -0.2) is 21.3 Å². The molecule has 0 spiro atoms. The molecule has 2 N–H and O–H groups in total. The highest BCUT2D eigenvalue weighted by Crippen LogP contribution is 2.10. The molecule has 0 unspecified atom stereocenters. The topological polar surface area (TPSA) is 83.8 Å². The standard InChI is InChI=1S/C9H10N4O2/c1-5-4-10-12-8(5)11-9(14)7-3-6(2)15-13-7/h3-4H,1-2H3,(H2,10,11,12,14). The summed E-state index contributed by atoms with van der Waals surface area (Å²) < 4.78 is 4.80. The minimum Gasteiger partial charge on any atom is -0.361 e. The van der Waals surface area contributed by atoms with E-state index in [1.807, 2.05) is 6.92 Å². The summed E-state index contributed by atoms with van der Waals surface area (Å²) in [6, 6.07) is 1.57. The van der Waals surface area contributed by atoms with Gasteiger partial charge in [-0.05, 0) is 13.8 Å². The van der Waals surface area contributed by atoms with E-state index in [1.165, 1.54) is 0 Å². The fraction of sp³-hybridized carbons (Fsp3) is 0.222. The highest BCUT2D eigenvalue weighted by Gasteiger charge is 2.12. The Hall–Kier alpha value is -2.11. The second-order valence-electron chi connectivity index (χ2n) is 3.20. The molecule has 6 nitrogen and oxygen atoms in total. The summed E-state index contributed by atoms with van der Waals surface area (Å²) >= 11 is 0. The number of rotatable bonds is 2. The molecule has 2 heterocycles. The quantitative estimate of drug-likeness (QED) is 0.774. The fourth-order valence-electron chi connectivity index (χ4n) is 1.12. The van der Waals surface area contributed by atoms with Gasteiger partial charge >= 0.3 is 0 Å². The van der Waals surface area contributed by atoms with Gasteiger partial charge in [-0.15, -0.1) is 0 Å². The number of nitrogens with one attached hydrogen (secondary N) is 2. The van der Waals surface area contributed by atoms with Gasteiger partial charge in [-0.1, -0.05) is 5.16 Å². The number of aryl methyl sites for hydroxylation is 2. The van der Waals surface area contributed by atoms with E-state index in [0.29, 0.717) is 11.6 Å². The van der Waals surface area contributed by atoms with Crippen molar-refractivity contribution >= 4 is 11.7 Å². The van der Waals surface area contributed by atoms with E-state index in [-0.39, 0.29) is 11.6 Å². The van der Waals surface area contributed by atoms with E-state index in [4.69, 9.17) is 4.52 Å². The van der Waals surface area contributed by atoms with Crippen molar-refractivity contribution in [3.05, 3.63) is 29.3 Å². The zero-order valence-corrected chi connectivity index (χ0v) is 8.37. The van der Waals surface area contributed by atoms with E-state index in [9.17, 15) is 4.79 Å². The molecule has 0 saturated heterocycles. The molecule has 2 aromatic heterocycles. The predicted molar refractivity (Wildman–Crippen MR) is 52.5 cm³/mol. The van der Waals surface area contributed by atoms with Gasteiger partial charge in [0.15, 0.2) is 5.69 Å². The van der Waals surface area contributed by atoms with Gasteiger partial charge in [-0.2, -0.15) is 5.10 Å². The van der Waals surface area contributed by atoms with E-state index in [2.05, 4.69) is 20.7 Å². The van der Waals surface area contributed by atoms with Crippen LogP contribution >= 0.6 is 0 Å². The first-order valence-electron chi connectivity index (χ1n) is 4.41. The van der Waals surface area contributed by atoms with Gasteiger partial charge in [0, 0.05) is 11.6 Å². The van der Waals surface area contributed by atoms with Crippen LogP contribution in [0.15, 0.2) is 16.8 Å². The molecular weight excluding hydrogens is 196 g/mol. The maximum absolute atomic E-state index is 11.6. The second-order valence-corrected chi connectivity index (χ2v) is 3.20. The first kappa shape index (κ1) is 9.45. The Labute approximate surface area is 85.7 Å². The van der Waals surface area contributed by atoms with E-state index in [1.54, 1.807) is 19.2 Å². The smallest absolute Gasteiger partial charge is 0.278 e. The second kappa shape index (κ2) is 3.56. The van der Waals surface area contributed by atoms with Crippen LogP contribution in [0.4, 0.5) is 5.82 Å². The molecule has 0 radical (unpaired) electrons. The van der Waals surface area contributed by atoms with Crippen molar-refractivity contribution in [2.75, 3.05) is 5.32 Å². The van der Waals surface area contributed by atoms with Gasteiger partial charge in [-0.3, -0.25) is 9.89 Å². The zero-order valence-electron chi connectivity index (χ0n) is 8.37. The van der Waals surface area contributed by atoms with E-state index < -0.39 is 0 Å². The Morgan fingerprint density at radius 1 is 1.53 bits per heavy atom. The number of carbonyl (C=O) groups is 1. The van der Waals surface area contributed by atoms with Crippen LogP contribution in [0, 0.1) is 13.8 Å². The molecule has 0 bridgehead atoms. The molecule has 2 rings (SSSR count). The van der Waals surface area contributed by atoms with Gasteiger partial charge in [0.2, 0.25) is 0 Å². The maximum Gasteiger partial charge on any atom is 0.278 e. The summed E-state index contributed by atoms with van der Waals surface area (Å²) in [7, 11) is 0. The molecule has 0 atom stereocenters. The SMILES string of the molecule is Cc1cc(C(=O)Nc2[nH]ncc2C)no1. The maximum atomic E-state index is 11.6. The fourth-order valence-corrected chi connectivity index (χ4v) is 1.12. The van der Waals surface area contributed by atoms with Crippen molar-refractivity contribution in [3.63, 3.8) is 0 Å². The van der Waals surface area contributed by atoms with E-state index >= 15 is 0 Å². The van der Waals surface area contributed by atoms with E-state index in [0.717, 1.165) is 5.56 Å². The molecule has 0 aliphatic rings. The molecule has 2 aromatic rings. The lowest BCUT2D eigenvalue weighted by atomic mass is 10.3. The molecule has 1 amide bonds. The number of aromatic nitrogens is 3. The summed E-state index contributed by atoms with van der Waals surface area (Å²) in [5, 5.41) is 12.7. The van der Waals surface area contributed by atoms with Gasteiger partial charge < -0.3 is 9.84 Å². The largest absolute Gasteiger partial charge is 0.361 e. The van der Waals surface area contributed by atoms with Gasteiger partial charge in [0.1, 0.15) is 11.6 Å². The first-order valence-corrected chi connectivity index (χ1v) is 4.41. The third-order valence-electron chi connectivity index (χ3n) is 1.93. The highest BCUT2D eigenvalue weighted by atomic mass is 16.5. The highest BCUT2D eigenvalue weighted by molar-refractivity contribution is 6.02. The molecule has 0 aliphatic carbocycles. The first-order chi connectivity index (χ1) is 7.16. The minimum absolute atomic E-state index is 0.251. The summed E-state index contributed by atoms with van der Waals surface area (Å²) in [5.41, 5.74) is 1.12. The van der Waals surface area contributed by atoms with Crippen molar-refractivity contribution < 1.29 is 9.32 Å². The average molecular weight is 206 g/mol. The van der Waals surface area contributed by atoms with Gasteiger partial charge in [0.25, 0.3) is 5.91 Å². The minimum atomic E-state index is -0.320. The van der Waals surface area contributed by atoms with Crippen molar-refractivity contribution in [2.24, 2.45) is 0 Å². The molecule has 78 valence electrons. The third kappa shape index (κ3) is 1.88. The Bertz CT molecular complexity index is 486. The van der Waals surface area contributed by atoms with Crippen LogP contribution < -0.4 is 5.32 Å². The third-order valence-corrected chi connectivity index (χ3v) is 1.93. The Morgan fingerprint density at radius 2 is 2.33 bits per heavy atom. The lowest BCUT2D eigenvalue weighted by molar-refractivity contribution is 0.101. The number of H-pyrrole nitrogens is 1. The summed E-state index contributed by atoms with van der Waals surface area (Å²) in [6.07, 6.45) is 1.63. The molecule has 6 heteroatoms. The zero-order chi connectivity index (χ0) is 10.8. The number of aromatic amines is 1. The molecule has 0 fully saturated rings. The molecule has 0 aromatic carbocycles. The number of amides is 1. The van der Waals surface area contributed by atoms with Crippen LogP contribution in [0.5, 0.6) is 0 Å². The number of anilines is 1. The normalized spacial score (nSPS) is 10.3. The van der Waals surface area contributed by atoms with Crippen molar-refractivity contribution in [2.45, 2.75) is 13.8 Å². The lowest BCUT2D eigenvalue weighted by Gasteiger charge is -1.99. The summed E-state index contributed by atoms with van der Waals surface area (Å²) in [5.74, 6) is 0.848. The summed E-state index contributed by atoms with van der Waals surface area (Å²) in [6.45, 7) is 3.57. The lowest BCUT2D eigenvalue weighted by Crippen LogP contribution is -2.13. The number of hydrogen-bond donors (Lipinski definition) is 2. The van der Waals surface area contributed by atoms with Gasteiger partial charge in [0.05, 0.1) is 6.20 Å². The molecule has 0 saturated carbocycles. The van der Waals surface area contributed by atoms with Crippen LogP contribution in [0.3, 0.4) is 0 Å². The van der Waals surface area contributed by atoms with Crippen LogP contribution in [-0.2, 0) is 0 Å². The van der Waals surface area contributed by atoms with Crippen molar-refractivity contribution in [1.29, 1.82) is 0 Å². The van der Waals surface area contributed by atoms with Crippen molar-refractivity contribution in [3.8, 4) is 0 Å². The van der Waals surface area contributed by atoms with Crippen LogP contribution in [0.25, 0.3) is 0 Å². The molecule has 15 heavy (non-hydrogen) atoms. The van der Waals surface area contributed by atoms with Crippen LogP contribution in [0.1, 0.15) is 21.8 Å². The number of hydrogen-bond acceptors (Lipinski definition) is 4. The van der Waals surface area contributed by atoms with Gasteiger partial charge in [-0.25, -0.2) is 0 Å². The Kier molecular flexibility index (Phi) is 2.24. The Balaban J connectivity index is 2.14. The molecule has 0 aliphatic heterocycles. The number of nitrogens with zero attached hydrogens (tertiary/aromatic N) is 2. The monoisotopic (exact) mass is 206 g/mol. The molecular formula is C9H10N4O2. The predicted octanol–water partition coefficient (Wildman–Crippen LogP) is 1.27. The number of carbonyl (C=O) groups excluding carboxylic acids is 1. The van der Waals surface area contributed by atoms with Crippen LogP contribution in [0.2, 0.25) is 0 Å². The average Bonchev–Trinajstić information content (AvgIpc) is 2.77.